The zero-order chi connectivity index (χ0) is 14.0. The summed E-state index contributed by atoms with van der Waals surface area (Å²) in [5, 5.41) is 0. The third-order valence-corrected chi connectivity index (χ3v) is 9.29. The van der Waals surface area contributed by atoms with Crippen LogP contribution in [-0.4, -0.2) is 38.3 Å². The van der Waals surface area contributed by atoms with E-state index in [-0.39, 0.29) is 5.97 Å². The largest absolute Gasteiger partial charge is 0.466 e. The van der Waals surface area contributed by atoms with E-state index in [2.05, 4.69) is 20.8 Å². The van der Waals surface area contributed by atoms with Gasteiger partial charge in [0.2, 0.25) is 6.41 Å². The second-order valence-electron chi connectivity index (χ2n) is 4.49. The monoisotopic (exact) mass is 273 g/mol. The SMILES string of the molecule is CCOC(=O)CCCN(C=O)[Si](CC)(CC)CC. The predicted molar refractivity (Wildman–Crippen MR) is 75.8 cm³/mol. The number of carbonyl (C=O) groups is 2. The fourth-order valence-electron chi connectivity index (χ4n) is 2.39. The number of hydrogen-bond donors (Lipinski definition) is 0. The maximum Gasteiger partial charge on any atom is 0.305 e. The highest BCUT2D eigenvalue weighted by Crippen LogP contribution is 2.24. The van der Waals surface area contributed by atoms with Gasteiger partial charge >= 0.3 is 5.97 Å². The van der Waals surface area contributed by atoms with Crippen LogP contribution in [0.3, 0.4) is 0 Å². The van der Waals surface area contributed by atoms with E-state index >= 15 is 0 Å². The van der Waals surface area contributed by atoms with Gasteiger partial charge in [0.05, 0.1) is 6.61 Å². The lowest BCUT2D eigenvalue weighted by Gasteiger charge is -2.38. The molecule has 0 fully saturated rings. The Morgan fingerprint density at radius 1 is 1.17 bits per heavy atom. The Balaban J connectivity index is 4.33. The average Bonchev–Trinajstić information content (AvgIpc) is 2.39. The van der Waals surface area contributed by atoms with Crippen molar-refractivity contribution in [3.8, 4) is 0 Å². The predicted octanol–water partition coefficient (Wildman–Crippen LogP) is 2.79. The van der Waals surface area contributed by atoms with Gasteiger partial charge in [-0.2, -0.15) is 0 Å². The molecule has 0 aliphatic rings. The fraction of sp³-hybridized carbons (Fsp3) is 0.846. The molecule has 0 atom stereocenters. The van der Waals surface area contributed by atoms with Crippen LogP contribution < -0.4 is 0 Å². The van der Waals surface area contributed by atoms with Crippen LogP contribution in [0.15, 0.2) is 0 Å². The van der Waals surface area contributed by atoms with Crippen LogP contribution in [0, 0.1) is 0 Å². The van der Waals surface area contributed by atoms with Crippen LogP contribution in [0.2, 0.25) is 18.1 Å². The molecule has 0 radical (unpaired) electrons. The Hall–Kier alpha value is -0.843. The van der Waals surface area contributed by atoms with Crippen molar-refractivity contribution < 1.29 is 14.3 Å². The summed E-state index contributed by atoms with van der Waals surface area (Å²) in [6, 6.07) is 3.24. The van der Waals surface area contributed by atoms with E-state index in [0.717, 1.165) is 24.5 Å². The molecule has 0 N–H and O–H groups in total. The van der Waals surface area contributed by atoms with Crippen molar-refractivity contribution in [1.29, 1.82) is 0 Å². The van der Waals surface area contributed by atoms with E-state index in [9.17, 15) is 9.59 Å². The molecule has 1 amide bonds. The number of esters is 1. The van der Waals surface area contributed by atoms with Crippen molar-refractivity contribution in [2.45, 2.75) is 58.7 Å². The van der Waals surface area contributed by atoms with E-state index in [1.807, 2.05) is 4.57 Å². The van der Waals surface area contributed by atoms with Crippen LogP contribution in [0.4, 0.5) is 0 Å². The van der Waals surface area contributed by atoms with Gasteiger partial charge in [-0.3, -0.25) is 9.59 Å². The number of carbonyl (C=O) groups excluding carboxylic acids is 2. The molecule has 106 valence electrons. The van der Waals surface area contributed by atoms with Crippen molar-refractivity contribution in [3.63, 3.8) is 0 Å². The van der Waals surface area contributed by atoms with Crippen LogP contribution in [0.25, 0.3) is 0 Å². The minimum absolute atomic E-state index is 0.167. The smallest absolute Gasteiger partial charge is 0.305 e. The second kappa shape index (κ2) is 9.14. The molecule has 0 aromatic carbocycles. The summed E-state index contributed by atoms with van der Waals surface area (Å²) in [6.45, 7) is 9.42. The first kappa shape index (κ1) is 17.2. The van der Waals surface area contributed by atoms with Gasteiger partial charge in [0.25, 0.3) is 0 Å². The van der Waals surface area contributed by atoms with Gasteiger partial charge < -0.3 is 9.30 Å². The van der Waals surface area contributed by atoms with Gasteiger partial charge in [-0.1, -0.05) is 20.8 Å². The molecule has 0 bridgehead atoms. The molecule has 0 aromatic rings. The lowest BCUT2D eigenvalue weighted by Crippen LogP contribution is -2.51. The molecule has 4 nitrogen and oxygen atoms in total. The lowest BCUT2D eigenvalue weighted by atomic mass is 10.3. The quantitative estimate of drug-likeness (QED) is 0.349. The molecule has 0 rings (SSSR count). The first-order valence-electron chi connectivity index (χ1n) is 6.97. The summed E-state index contributed by atoms with van der Waals surface area (Å²) >= 11 is 0. The number of amides is 1. The Morgan fingerprint density at radius 2 is 1.72 bits per heavy atom. The van der Waals surface area contributed by atoms with Crippen molar-refractivity contribution in [3.05, 3.63) is 0 Å². The van der Waals surface area contributed by atoms with Gasteiger partial charge in [-0.05, 0) is 31.5 Å². The Morgan fingerprint density at radius 3 is 2.11 bits per heavy atom. The highest BCUT2D eigenvalue weighted by atomic mass is 28.3. The summed E-state index contributed by atoms with van der Waals surface area (Å²) in [5.41, 5.74) is 0. The molecule has 0 saturated heterocycles. The summed E-state index contributed by atoms with van der Waals surface area (Å²) in [4.78, 5) is 22.5. The van der Waals surface area contributed by atoms with Crippen molar-refractivity contribution in [2.24, 2.45) is 0 Å². The van der Waals surface area contributed by atoms with E-state index in [4.69, 9.17) is 4.74 Å². The van der Waals surface area contributed by atoms with Crippen LogP contribution in [-0.2, 0) is 14.3 Å². The molecule has 0 aliphatic heterocycles. The number of ether oxygens (including phenoxy) is 1. The first-order valence-corrected chi connectivity index (χ1v) is 9.54. The van der Waals surface area contributed by atoms with Crippen molar-refractivity contribution in [1.82, 2.24) is 4.57 Å². The normalized spacial score (nSPS) is 11.1. The molecule has 5 heteroatoms. The topological polar surface area (TPSA) is 46.6 Å². The molecule has 0 heterocycles. The molecule has 0 aliphatic carbocycles. The van der Waals surface area contributed by atoms with Gasteiger partial charge in [0.15, 0.2) is 8.24 Å². The third kappa shape index (κ3) is 4.80. The van der Waals surface area contributed by atoms with Crippen molar-refractivity contribution in [2.75, 3.05) is 13.2 Å². The van der Waals surface area contributed by atoms with Crippen LogP contribution >= 0.6 is 0 Å². The molecule has 18 heavy (non-hydrogen) atoms. The number of hydrogen-bond acceptors (Lipinski definition) is 3. The van der Waals surface area contributed by atoms with Gasteiger partial charge in [0.1, 0.15) is 0 Å². The summed E-state index contributed by atoms with van der Waals surface area (Å²) in [6.07, 6.45) is 2.08. The van der Waals surface area contributed by atoms with Gasteiger partial charge in [-0.15, -0.1) is 0 Å². The fourth-order valence-corrected chi connectivity index (χ4v) is 5.96. The summed E-state index contributed by atoms with van der Waals surface area (Å²) < 4.78 is 6.88. The summed E-state index contributed by atoms with van der Waals surface area (Å²) in [5.74, 6) is -0.167. The molecular formula is C13H27NO3Si. The van der Waals surface area contributed by atoms with Gasteiger partial charge in [-0.25, -0.2) is 0 Å². The molecule has 0 spiro atoms. The second-order valence-corrected chi connectivity index (χ2v) is 9.64. The minimum atomic E-state index is -1.62. The first-order chi connectivity index (χ1) is 8.60. The molecule has 0 saturated carbocycles. The van der Waals surface area contributed by atoms with Crippen LogP contribution in [0.1, 0.15) is 40.5 Å². The Labute approximate surface area is 112 Å². The average molecular weight is 273 g/mol. The number of rotatable bonds is 10. The summed E-state index contributed by atoms with van der Waals surface area (Å²) in [7, 11) is -1.62. The lowest BCUT2D eigenvalue weighted by molar-refractivity contribution is -0.143. The van der Waals surface area contributed by atoms with Crippen LogP contribution in [0.5, 0.6) is 0 Å². The zero-order valence-electron chi connectivity index (χ0n) is 12.2. The maximum absolute atomic E-state index is 11.3. The zero-order valence-corrected chi connectivity index (χ0v) is 13.2. The van der Waals surface area contributed by atoms with Crippen molar-refractivity contribution >= 4 is 20.6 Å². The highest BCUT2D eigenvalue weighted by molar-refractivity contribution is 6.78. The molecule has 0 unspecified atom stereocenters. The molecule has 0 aromatic heterocycles. The standard InChI is InChI=1S/C13H27NO3Si/c1-5-17-13(16)10-9-11-14(12-15)18(6-2,7-3)8-4/h12H,5-11H2,1-4H3. The Bertz CT molecular complexity index is 246. The van der Waals surface area contributed by atoms with Gasteiger partial charge in [0, 0.05) is 13.0 Å². The molecular weight excluding hydrogens is 246 g/mol. The van der Waals surface area contributed by atoms with E-state index in [1.54, 1.807) is 6.92 Å². The maximum atomic E-state index is 11.3. The van der Waals surface area contributed by atoms with E-state index < -0.39 is 8.24 Å². The van der Waals surface area contributed by atoms with E-state index in [0.29, 0.717) is 26.0 Å². The Kier molecular flexibility index (Phi) is 8.71. The number of nitrogens with zero attached hydrogens (tertiary/aromatic N) is 1. The van der Waals surface area contributed by atoms with E-state index in [1.165, 1.54) is 0 Å². The highest BCUT2D eigenvalue weighted by Gasteiger charge is 2.33. The minimum Gasteiger partial charge on any atom is -0.466 e. The third-order valence-electron chi connectivity index (χ3n) is 3.80.